The predicted octanol–water partition coefficient (Wildman–Crippen LogP) is 2.78. The van der Waals surface area contributed by atoms with E-state index in [2.05, 4.69) is 19.1 Å². The van der Waals surface area contributed by atoms with Gasteiger partial charge in [0, 0.05) is 17.9 Å². The first-order valence-electron chi connectivity index (χ1n) is 6.05. The van der Waals surface area contributed by atoms with Crippen molar-refractivity contribution >= 4 is 0 Å². The van der Waals surface area contributed by atoms with Gasteiger partial charge < -0.3 is 10.2 Å². The number of hydrogen-bond acceptors (Lipinski definition) is 2. The minimum atomic E-state index is 0.191. The highest BCUT2D eigenvalue weighted by molar-refractivity contribution is 5.24. The topological polar surface area (TPSA) is 39.2 Å². The molecule has 0 saturated heterocycles. The van der Waals surface area contributed by atoms with Crippen molar-refractivity contribution < 1.29 is 4.42 Å². The van der Waals surface area contributed by atoms with E-state index < -0.39 is 0 Å². The number of nitrogens with two attached hydrogens (primary N) is 1. The molecule has 0 spiro atoms. The zero-order valence-corrected chi connectivity index (χ0v) is 9.33. The van der Waals surface area contributed by atoms with Gasteiger partial charge in [-0.2, -0.15) is 0 Å². The van der Waals surface area contributed by atoms with E-state index in [-0.39, 0.29) is 5.41 Å². The highest BCUT2D eigenvalue weighted by atomic mass is 16.3. The largest absolute Gasteiger partial charge is 0.465 e. The lowest BCUT2D eigenvalue weighted by Gasteiger charge is -2.38. The molecule has 0 radical (unpaired) electrons. The van der Waals surface area contributed by atoms with Crippen LogP contribution in [0, 0.1) is 5.92 Å². The Labute approximate surface area is 90.8 Å². The Kier molecular flexibility index (Phi) is 1.96. The molecule has 0 bridgehead atoms. The minimum absolute atomic E-state index is 0.191. The molecule has 2 nitrogen and oxygen atoms in total. The fraction of sp³-hybridized carbons (Fsp3) is 0.692. The molecule has 0 amide bonds. The second kappa shape index (κ2) is 3.11. The molecule has 2 heteroatoms. The van der Waals surface area contributed by atoms with Gasteiger partial charge in [-0.1, -0.05) is 13.3 Å². The Hall–Kier alpha value is -0.760. The third-order valence-electron chi connectivity index (χ3n) is 4.33. The Morgan fingerprint density at radius 3 is 2.67 bits per heavy atom. The molecular weight excluding hydrogens is 186 g/mol. The maximum absolute atomic E-state index is 6.00. The Morgan fingerprint density at radius 2 is 2.20 bits per heavy atom. The van der Waals surface area contributed by atoms with Crippen LogP contribution in [0.5, 0.6) is 0 Å². The summed E-state index contributed by atoms with van der Waals surface area (Å²) in [6.45, 7) is 3.02. The molecule has 1 aromatic heterocycles. The third kappa shape index (κ3) is 1.35. The normalized spacial score (nSPS) is 32.4. The van der Waals surface area contributed by atoms with E-state index in [1.807, 2.05) is 0 Å². The quantitative estimate of drug-likeness (QED) is 0.824. The van der Waals surface area contributed by atoms with Crippen LogP contribution >= 0.6 is 0 Å². The first kappa shape index (κ1) is 9.46. The summed E-state index contributed by atoms with van der Waals surface area (Å²) in [5.74, 6) is 3.84. The first-order chi connectivity index (χ1) is 7.25. The van der Waals surface area contributed by atoms with Gasteiger partial charge in [-0.25, -0.2) is 0 Å². The lowest BCUT2D eigenvalue weighted by Crippen LogP contribution is -2.41. The molecule has 0 aliphatic heterocycles. The van der Waals surface area contributed by atoms with E-state index in [0.29, 0.717) is 5.92 Å². The maximum atomic E-state index is 6.00. The van der Waals surface area contributed by atoms with Crippen molar-refractivity contribution in [3.63, 3.8) is 0 Å². The summed E-state index contributed by atoms with van der Waals surface area (Å²) in [7, 11) is 0. The first-order valence-corrected chi connectivity index (χ1v) is 6.05. The standard InChI is InChI=1S/C13H19NO/c1-9-7-10(9)11-3-4-12(15-11)13(8-14)5-2-6-13/h3-4,9-10H,2,5-8,14H2,1H3. The summed E-state index contributed by atoms with van der Waals surface area (Å²) in [6.07, 6.45) is 5.00. The fourth-order valence-electron chi connectivity index (χ4n) is 2.71. The van der Waals surface area contributed by atoms with Gasteiger partial charge >= 0.3 is 0 Å². The van der Waals surface area contributed by atoms with Crippen LogP contribution in [0.25, 0.3) is 0 Å². The maximum Gasteiger partial charge on any atom is 0.111 e. The summed E-state index contributed by atoms with van der Waals surface area (Å²) < 4.78 is 6.00. The highest BCUT2D eigenvalue weighted by Crippen LogP contribution is 2.50. The average Bonchev–Trinajstić information content (AvgIpc) is 2.72. The van der Waals surface area contributed by atoms with Gasteiger partial charge in [0.05, 0.1) is 0 Å². The second-order valence-corrected chi connectivity index (χ2v) is 5.36. The van der Waals surface area contributed by atoms with Crippen molar-refractivity contribution in [2.75, 3.05) is 6.54 Å². The van der Waals surface area contributed by atoms with Crippen LogP contribution in [-0.4, -0.2) is 6.54 Å². The summed E-state index contributed by atoms with van der Waals surface area (Å²) in [6, 6.07) is 4.33. The van der Waals surface area contributed by atoms with Gasteiger partial charge in [0.25, 0.3) is 0 Å². The SMILES string of the molecule is CC1CC1c1ccc(C2(CN)CCC2)o1. The van der Waals surface area contributed by atoms with Gasteiger partial charge in [-0.15, -0.1) is 0 Å². The van der Waals surface area contributed by atoms with Gasteiger partial charge in [0.1, 0.15) is 11.5 Å². The van der Waals surface area contributed by atoms with Crippen molar-refractivity contribution in [2.24, 2.45) is 11.7 Å². The minimum Gasteiger partial charge on any atom is -0.465 e. The third-order valence-corrected chi connectivity index (χ3v) is 4.33. The average molecular weight is 205 g/mol. The van der Waals surface area contributed by atoms with E-state index in [1.165, 1.54) is 31.4 Å². The lowest BCUT2D eigenvalue weighted by molar-refractivity contribution is 0.204. The summed E-state index contributed by atoms with van der Waals surface area (Å²) >= 11 is 0. The zero-order valence-electron chi connectivity index (χ0n) is 9.33. The second-order valence-electron chi connectivity index (χ2n) is 5.36. The molecule has 0 aromatic carbocycles. The Morgan fingerprint density at radius 1 is 1.47 bits per heavy atom. The highest BCUT2D eigenvalue weighted by Gasteiger charge is 2.42. The van der Waals surface area contributed by atoms with Gasteiger partial charge in [0.2, 0.25) is 0 Å². The molecule has 2 fully saturated rings. The number of hydrogen-bond donors (Lipinski definition) is 1. The van der Waals surface area contributed by atoms with Gasteiger partial charge in [0.15, 0.2) is 0 Å². The molecule has 2 N–H and O–H groups in total. The van der Waals surface area contributed by atoms with Gasteiger partial charge in [-0.3, -0.25) is 0 Å². The summed E-state index contributed by atoms with van der Waals surface area (Å²) in [4.78, 5) is 0. The molecule has 2 unspecified atom stereocenters. The van der Waals surface area contributed by atoms with Crippen molar-refractivity contribution in [1.82, 2.24) is 0 Å². The number of rotatable bonds is 3. The molecule has 1 aromatic rings. The van der Waals surface area contributed by atoms with Crippen molar-refractivity contribution in [1.29, 1.82) is 0 Å². The van der Waals surface area contributed by atoms with Crippen molar-refractivity contribution in [3.8, 4) is 0 Å². The number of furan rings is 1. The molecule has 1 heterocycles. The molecule has 2 atom stereocenters. The van der Waals surface area contributed by atoms with Crippen molar-refractivity contribution in [2.45, 2.75) is 43.9 Å². The van der Waals surface area contributed by atoms with Crippen LogP contribution in [-0.2, 0) is 5.41 Å². The monoisotopic (exact) mass is 205 g/mol. The van der Waals surface area contributed by atoms with E-state index >= 15 is 0 Å². The van der Waals surface area contributed by atoms with E-state index in [9.17, 15) is 0 Å². The lowest BCUT2D eigenvalue weighted by atomic mass is 9.67. The molecule has 2 saturated carbocycles. The fourth-order valence-corrected chi connectivity index (χ4v) is 2.71. The zero-order chi connectivity index (χ0) is 10.5. The molecule has 82 valence electrons. The summed E-state index contributed by atoms with van der Waals surface area (Å²) in [5.41, 5.74) is 6.06. The van der Waals surface area contributed by atoms with Crippen LogP contribution in [0.1, 0.15) is 50.0 Å². The van der Waals surface area contributed by atoms with E-state index in [4.69, 9.17) is 10.2 Å². The van der Waals surface area contributed by atoms with Crippen molar-refractivity contribution in [3.05, 3.63) is 23.7 Å². The Balaban J connectivity index is 1.83. The predicted molar refractivity (Wildman–Crippen MR) is 59.8 cm³/mol. The smallest absolute Gasteiger partial charge is 0.111 e. The molecular formula is C13H19NO. The van der Waals surface area contributed by atoms with Crippen LogP contribution in [0.15, 0.2) is 16.5 Å². The molecule has 15 heavy (non-hydrogen) atoms. The van der Waals surface area contributed by atoms with E-state index in [1.54, 1.807) is 0 Å². The van der Waals surface area contributed by atoms with Crippen LogP contribution in [0.3, 0.4) is 0 Å². The van der Waals surface area contributed by atoms with Crippen LogP contribution in [0.4, 0.5) is 0 Å². The Bertz CT molecular complexity index is 359. The van der Waals surface area contributed by atoms with Gasteiger partial charge in [-0.05, 0) is 37.3 Å². The molecule has 3 rings (SSSR count). The summed E-state index contributed by atoms with van der Waals surface area (Å²) in [5, 5.41) is 0. The van der Waals surface area contributed by atoms with Crippen LogP contribution in [0.2, 0.25) is 0 Å². The van der Waals surface area contributed by atoms with Crippen LogP contribution < -0.4 is 5.73 Å². The molecule has 2 aliphatic rings. The van der Waals surface area contributed by atoms with E-state index in [0.717, 1.165) is 18.2 Å². The molecule has 2 aliphatic carbocycles.